The molecule has 0 spiro atoms. The number of ether oxygens (including phenoxy) is 1. The summed E-state index contributed by atoms with van der Waals surface area (Å²) in [6, 6.07) is 0. The molecule has 0 aliphatic carbocycles. The van der Waals surface area contributed by atoms with Crippen LogP contribution in [0, 0.1) is 0 Å². The monoisotopic (exact) mass is 168 g/mol. The summed E-state index contributed by atoms with van der Waals surface area (Å²) in [6.07, 6.45) is 6.26. The molecule has 0 N–H and O–H groups in total. The minimum atomic E-state index is 0.307. The molecule has 1 nitrogen and oxygen atoms in total. The van der Waals surface area contributed by atoms with Gasteiger partial charge in [-0.05, 0) is 13.3 Å². The van der Waals surface area contributed by atoms with Crippen molar-refractivity contribution in [3.63, 3.8) is 0 Å². The van der Waals surface area contributed by atoms with Crippen molar-refractivity contribution in [2.45, 2.75) is 57.9 Å². The maximum Gasteiger partial charge on any atom is 0.0700 e. The van der Waals surface area contributed by atoms with Crippen LogP contribution < -0.4 is 0 Å². The molecule has 0 aliphatic heterocycles. The molecule has 0 heterocycles. The van der Waals surface area contributed by atoms with Crippen molar-refractivity contribution in [3.8, 4) is 0 Å². The Bertz CT molecular complexity index is 95.8. The summed E-state index contributed by atoms with van der Waals surface area (Å²) in [5.41, 5.74) is 0. The van der Waals surface area contributed by atoms with Crippen LogP contribution in [-0.4, -0.2) is 21.1 Å². The van der Waals surface area contributed by atoms with Gasteiger partial charge in [-0.15, -0.1) is 0 Å². The molecule has 0 fully saturated rings. The van der Waals surface area contributed by atoms with E-state index in [2.05, 4.69) is 13.8 Å². The van der Waals surface area contributed by atoms with E-state index in [1.807, 2.05) is 0 Å². The van der Waals surface area contributed by atoms with Crippen molar-refractivity contribution in [1.82, 2.24) is 0 Å². The first kappa shape index (κ1) is 12.0. The Kier molecular flexibility index (Phi) is 7.68. The van der Waals surface area contributed by atoms with E-state index in [0.717, 1.165) is 12.8 Å². The Labute approximate surface area is 78.3 Å². The standard InChI is InChI=1S/C10H21BO/c1-4-5-6-7-10(11)8-9(2)12-3/h9-10H,4-8H2,1-3H3/t9?,10-/m1/s1. The van der Waals surface area contributed by atoms with E-state index in [9.17, 15) is 0 Å². The average Bonchev–Trinajstić information content (AvgIpc) is 2.05. The van der Waals surface area contributed by atoms with Gasteiger partial charge in [-0.3, -0.25) is 0 Å². The summed E-state index contributed by atoms with van der Waals surface area (Å²) in [7, 11) is 7.65. The highest BCUT2D eigenvalue weighted by atomic mass is 16.5. The van der Waals surface area contributed by atoms with Gasteiger partial charge in [0.05, 0.1) is 14.0 Å². The summed E-state index contributed by atoms with van der Waals surface area (Å²) in [6.45, 7) is 4.28. The highest BCUT2D eigenvalue weighted by Crippen LogP contribution is 2.18. The highest BCUT2D eigenvalue weighted by Gasteiger charge is 2.06. The third kappa shape index (κ3) is 6.72. The van der Waals surface area contributed by atoms with Crippen molar-refractivity contribution >= 4 is 7.85 Å². The lowest BCUT2D eigenvalue weighted by Gasteiger charge is -2.15. The van der Waals surface area contributed by atoms with Crippen molar-refractivity contribution in [2.75, 3.05) is 7.11 Å². The van der Waals surface area contributed by atoms with Gasteiger partial charge in [-0.25, -0.2) is 0 Å². The SMILES string of the molecule is [B][C@H](CCCCC)CC(C)OC. The molecule has 0 rings (SSSR count). The van der Waals surface area contributed by atoms with E-state index in [0.29, 0.717) is 11.9 Å². The lowest BCUT2D eigenvalue weighted by Crippen LogP contribution is -2.08. The number of hydrogen-bond donors (Lipinski definition) is 0. The second kappa shape index (κ2) is 7.66. The van der Waals surface area contributed by atoms with Crippen LogP contribution in [0.25, 0.3) is 0 Å². The Morgan fingerprint density at radius 3 is 2.50 bits per heavy atom. The molecule has 0 aromatic rings. The van der Waals surface area contributed by atoms with E-state index in [4.69, 9.17) is 12.6 Å². The number of rotatable bonds is 7. The topological polar surface area (TPSA) is 9.23 Å². The summed E-state index contributed by atoms with van der Waals surface area (Å²) in [5.74, 6) is 0.325. The largest absolute Gasteiger partial charge is 0.382 e. The molecule has 0 aromatic carbocycles. The summed E-state index contributed by atoms with van der Waals surface area (Å²) < 4.78 is 5.15. The van der Waals surface area contributed by atoms with Gasteiger partial charge in [0.15, 0.2) is 0 Å². The van der Waals surface area contributed by atoms with Gasteiger partial charge >= 0.3 is 0 Å². The molecule has 2 heteroatoms. The average molecular weight is 168 g/mol. The van der Waals surface area contributed by atoms with E-state index >= 15 is 0 Å². The van der Waals surface area contributed by atoms with Gasteiger partial charge in [-0.1, -0.05) is 38.4 Å². The molecule has 0 aliphatic rings. The second-order valence-electron chi connectivity index (χ2n) is 3.54. The van der Waals surface area contributed by atoms with Gasteiger partial charge < -0.3 is 4.74 Å². The molecule has 12 heavy (non-hydrogen) atoms. The van der Waals surface area contributed by atoms with Crippen LogP contribution in [0.5, 0.6) is 0 Å². The first-order chi connectivity index (χ1) is 5.70. The van der Waals surface area contributed by atoms with Crippen LogP contribution in [0.2, 0.25) is 5.82 Å². The van der Waals surface area contributed by atoms with Crippen LogP contribution in [-0.2, 0) is 4.74 Å². The summed E-state index contributed by atoms with van der Waals surface area (Å²) in [4.78, 5) is 0. The van der Waals surface area contributed by atoms with Crippen molar-refractivity contribution < 1.29 is 4.74 Å². The molecular formula is C10H21BO. The van der Waals surface area contributed by atoms with Crippen molar-refractivity contribution in [1.29, 1.82) is 0 Å². The number of unbranched alkanes of at least 4 members (excludes halogenated alkanes) is 2. The molecule has 0 amide bonds. The zero-order chi connectivity index (χ0) is 9.40. The van der Waals surface area contributed by atoms with E-state index in [1.54, 1.807) is 7.11 Å². The van der Waals surface area contributed by atoms with Crippen LogP contribution in [0.15, 0.2) is 0 Å². The summed E-state index contributed by atoms with van der Waals surface area (Å²) in [5, 5.41) is 0. The van der Waals surface area contributed by atoms with Crippen LogP contribution >= 0.6 is 0 Å². The van der Waals surface area contributed by atoms with Crippen molar-refractivity contribution in [2.24, 2.45) is 0 Å². The summed E-state index contributed by atoms with van der Waals surface area (Å²) >= 11 is 0. The van der Waals surface area contributed by atoms with E-state index in [-0.39, 0.29) is 0 Å². The molecular weight excluding hydrogens is 147 g/mol. The Morgan fingerprint density at radius 1 is 1.33 bits per heavy atom. The van der Waals surface area contributed by atoms with Gasteiger partial charge in [-0.2, -0.15) is 0 Å². The van der Waals surface area contributed by atoms with E-state index < -0.39 is 0 Å². The van der Waals surface area contributed by atoms with Crippen LogP contribution in [0.3, 0.4) is 0 Å². The van der Waals surface area contributed by atoms with Gasteiger partial charge in [0.1, 0.15) is 0 Å². The lowest BCUT2D eigenvalue weighted by molar-refractivity contribution is 0.108. The fraction of sp³-hybridized carbons (Fsp3) is 1.00. The molecule has 70 valence electrons. The zero-order valence-corrected chi connectivity index (χ0v) is 8.68. The number of hydrogen-bond acceptors (Lipinski definition) is 1. The fourth-order valence-corrected chi connectivity index (χ4v) is 1.30. The van der Waals surface area contributed by atoms with Crippen LogP contribution in [0.1, 0.15) is 46.0 Å². The Balaban J connectivity index is 3.26. The van der Waals surface area contributed by atoms with E-state index in [1.165, 1.54) is 19.3 Å². The minimum absolute atomic E-state index is 0.307. The Morgan fingerprint density at radius 2 is 2.00 bits per heavy atom. The lowest BCUT2D eigenvalue weighted by atomic mass is 9.79. The quantitative estimate of drug-likeness (QED) is 0.419. The molecule has 1 unspecified atom stereocenters. The molecule has 0 bridgehead atoms. The normalized spacial score (nSPS) is 15.9. The van der Waals surface area contributed by atoms with Crippen molar-refractivity contribution in [3.05, 3.63) is 0 Å². The highest BCUT2D eigenvalue weighted by molar-refractivity contribution is 6.11. The zero-order valence-electron chi connectivity index (χ0n) is 8.68. The van der Waals surface area contributed by atoms with Gasteiger partial charge in [0, 0.05) is 7.11 Å². The first-order valence-corrected chi connectivity index (χ1v) is 4.99. The Hall–Kier alpha value is 0.0249. The molecule has 0 aromatic heterocycles. The van der Waals surface area contributed by atoms with Gasteiger partial charge in [0.2, 0.25) is 0 Å². The number of methoxy groups -OCH3 is 1. The third-order valence-electron chi connectivity index (χ3n) is 2.22. The maximum absolute atomic E-state index is 5.91. The molecule has 0 saturated carbocycles. The predicted molar refractivity (Wildman–Crippen MR) is 54.7 cm³/mol. The predicted octanol–water partition coefficient (Wildman–Crippen LogP) is 2.95. The second-order valence-corrected chi connectivity index (χ2v) is 3.54. The minimum Gasteiger partial charge on any atom is -0.382 e. The maximum atomic E-state index is 5.91. The molecule has 2 atom stereocenters. The molecule has 0 saturated heterocycles. The van der Waals surface area contributed by atoms with Crippen LogP contribution in [0.4, 0.5) is 0 Å². The molecule has 2 radical (unpaired) electrons. The first-order valence-electron chi connectivity index (χ1n) is 4.99. The van der Waals surface area contributed by atoms with Gasteiger partial charge in [0.25, 0.3) is 0 Å². The smallest absolute Gasteiger partial charge is 0.0700 e. The third-order valence-corrected chi connectivity index (χ3v) is 2.22. The fourth-order valence-electron chi connectivity index (χ4n) is 1.30.